The Morgan fingerprint density at radius 1 is 0.864 bits per heavy atom. The van der Waals surface area contributed by atoms with Crippen LogP contribution in [-0.4, -0.2) is 73.0 Å². The van der Waals surface area contributed by atoms with Gasteiger partial charge in [-0.15, -0.1) is 0 Å². The zero-order valence-electron chi connectivity index (χ0n) is 24.9. The Bertz CT molecular complexity index is 1310. The van der Waals surface area contributed by atoms with E-state index in [1.54, 1.807) is 0 Å². The van der Waals surface area contributed by atoms with E-state index in [0.29, 0.717) is 25.9 Å². The Morgan fingerprint density at radius 3 is 2.07 bits per heavy atom. The zero-order valence-corrected chi connectivity index (χ0v) is 24.9. The molecule has 2 aliphatic heterocycles. The van der Waals surface area contributed by atoms with Gasteiger partial charge in [-0.3, -0.25) is 9.59 Å². The highest BCUT2D eigenvalue weighted by Crippen LogP contribution is 2.29. The average Bonchev–Trinajstić information content (AvgIpc) is 3.20. The third-order valence-corrected chi connectivity index (χ3v) is 8.77. The van der Waals surface area contributed by atoms with Crippen molar-refractivity contribution in [3.8, 4) is 0 Å². The lowest BCUT2D eigenvalue weighted by Crippen LogP contribution is -2.50. The van der Waals surface area contributed by atoms with Gasteiger partial charge in [0.05, 0.1) is 11.6 Å². The molecule has 234 valence electrons. The molecule has 6 nitrogen and oxygen atoms in total. The molecule has 2 saturated heterocycles. The van der Waals surface area contributed by atoms with Gasteiger partial charge >= 0.3 is 6.18 Å². The van der Waals surface area contributed by atoms with E-state index < -0.39 is 23.7 Å². The van der Waals surface area contributed by atoms with Crippen LogP contribution in [0.25, 0.3) is 0 Å². The first-order valence-corrected chi connectivity index (χ1v) is 15.6. The SMILES string of the molecule is O=C(NC[C@H]1CCN(CC(c2ccccc2)c2ccccc2)C(=O)[C@@H](CCN2CCCCC2)N1)c1ccc(C(F)(F)F)cc1. The molecule has 2 fully saturated rings. The lowest BCUT2D eigenvalue weighted by molar-refractivity contribution is -0.137. The van der Waals surface area contributed by atoms with Gasteiger partial charge in [0.1, 0.15) is 0 Å². The van der Waals surface area contributed by atoms with Crippen LogP contribution in [0.15, 0.2) is 84.9 Å². The van der Waals surface area contributed by atoms with E-state index in [0.717, 1.165) is 42.9 Å². The number of carbonyl (C=O) groups is 2. The van der Waals surface area contributed by atoms with Crippen LogP contribution in [0.3, 0.4) is 0 Å². The third-order valence-electron chi connectivity index (χ3n) is 8.77. The molecular formula is C35H41F3N4O2. The lowest BCUT2D eigenvalue weighted by atomic mass is 9.90. The zero-order chi connectivity index (χ0) is 30.9. The Hall–Kier alpha value is -3.69. The summed E-state index contributed by atoms with van der Waals surface area (Å²) in [6.07, 6.45) is 0.432. The van der Waals surface area contributed by atoms with E-state index in [4.69, 9.17) is 0 Å². The molecule has 2 N–H and O–H groups in total. The topological polar surface area (TPSA) is 64.7 Å². The molecule has 9 heteroatoms. The lowest BCUT2D eigenvalue weighted by Gasteiger charge is -2.31. The van der Waals surface area contributed by atoms with E-state index in [1.165, 1.54) is 31.4 Å². The third kappa shape index (κ3) is 8.48. The summed E-state index contributed by atoms with van der Waals surface area (Å²) in [5.74, 6) is -0.360. The van der Waals surface area contributed by atoms with Crippen molar-refractivity contribution in [3.05, 3.63) is 107 Å². The Morgan fingerprint density at radius 2 is 1.48 bits per heavy atom. The van der Waals surface area contributed by atoms with Gasteiger partial charge in [0.15, 0.2) is 0 Å². The normalized spacial score (nSPS) is 20.0. The van der Waals surface area contributed by atoms with Crippen LogP contribution >= 0.6 is 0 Å². The van der Waals surface area contributed by atoms with Crippen LogP contribution in [-0.2, 0) is 11.0 Å². The number of rotatable bonds is 10. The highest BCUT2D eigenvalue weighted by Gasteiger charge is 2.33. The Balaban J connectivity index is 1.30. The molecule has 0 aromatic heterocycles. The van der Waals surface area contributed by atoms with Gasteiger partial charge in [-0.05, 0) is 74.2 Å². The largest absolute Gasteiger partial charge is 0.416 e. The number of benzene rings is 3. The number of hydrogen-bond donors (Lipinski definition) is 2. The molecule has 0 unspecified atom stereocenters. The van der Waals surface area contributed by atoms with Crippen LogP contribution in [0.4, 0.5) is 13.2 Å². The highest BCUT2D eigenvalue weighted by atomic mass is 19.4. The predicted molar refractivity (Wildman–Crippen MR) is 165 cm³/mol. The summed E-state index contributed by atoms with van der Waals surface area (Å²) in [6.45, 7) is 4.25. The van der Waals surface area contributed by atoms with Crippen molar-refractivity contribution in [1.82, 2.24) is 20.4 Å². The molecule has 2 aliphatic rings. The molecule has 0 bridgehead atoms. The summed E-state index contributed by atoms with van der Waals surface area (Å²) in [5, 5.41) is 6.42. The summed E-state index contributed by atoms with van der Waals surface area (Å²) in [7, 11) is 0. The first-order valence-electron chi connectivity index (χ1n) is 15.6. The van der Waals surface area contributed by atoms with E-state index in [9.17, 15) is 22.8 Å². The number of likely N-dealkylation sites (tertiary alicyclic amines) is 1. The van der Waals surface area contributed by atoms with Gasteiger partial charge in [-0.1, -0.05) is 67.1 Å². The number of alkyl halides is 3. The van der Waals surface area contributed by atoms with E-state index in [-0.39, 0.29) is 30.0 Å². The van der Waals surface area contributed by atoms with E-state index in [2.05, 4.69) is 39.8 Å². The number of hydrogen-bond acceptors (Lipinski definition) is 4. The quantitative estimate of drug-likeness (QED) is 0.311. The first kappa shape index (κ1) is 31.7. The number of carbonyl (C=O) groups excluding carboxylic acids is 2. The summed E-state index contributed by atoms with van der Waals surface area (Å²) >= 11 is 0. The monoisotopic (exact) mass is 606 g/mol. The molecule has 2 amide bonds. The maximum absolute atomic E-state index is 14.1. The van der Waals surface area contributed by atoms with Crippen molar-refractivity contribution in [2.24, 2.45) is 0 Å². The minimum absolute atomic E-state index is 0.0139. The fraction of sp³-hybridized carbons (Fsp3) is 0.429. The Labute approximate surface area is 257 Å². The van der Waals surface area contributed by atoms with Gasteiger partial charge < -0.3 is 20.4 Å². The molecule has 0 saturated carbocycles. The van der Waals surface area contributed by atoms with Crippen LogP contribution in [0.1, 0.15) is 65.1 Å². The number of piperidine rings is 1. The van der Waals surface area contributed by atoms with Crippen molar-refractivity contribution in [2.45, 2.75) is 56.3 Å². The molecule has 0 spiro atoms. The molecule has 44 heavy (non-hydrogen) atoms. The maximum Gasteiger partial charge on any atom is 0.416 e. The predicted octanol–water partition coefficient (Wildman–Crippen LogP) is 5.70. The molecule has 2 atom stereocenters. The maximum atomic E-state index is 14.1. The molecule has 3 aromatic carbocycles. The van der Waals surface area contributed by atoms with Crippen molar-refractivity contribution < 1.29 is 22.8 Å². The van der Waals surface area contributed by atoms with Gasteiger partial charge in [-0.25, -0.2) is 0 Å². The molecule has 2 heterocycles. The molecule has 0 radical (unpaired) electrons. The molecular weight excluding hydrogens is 565 g/mol. The van der Waals surface area contributed by atoms with Crippen molar-refractivity contribution in [2.75, 3.05) is 39.3 Å². The van der Waals surface area contributed by atoms with Gasteiger partial charge in [0, 0.05) is 43.7 Å². The van der Waals surface area contributed by atoms with Gasteiger partial charge in [0.2, 0.25) is 5.91 Å². The van der Waals surface area contributed by atoms with Crippen LogP contribution in [0, 0.1) is 0 Å². The van der Waals surface area contributed by atoms with Gasteiger partial charge in [0.25, 0.3) is 5.91 Å². The molecule has 5 rings (SSSR count). The minimum Gasteiger partial charge on any atom is -0.350 e. The van der Waals surface area contributed by atoms with E-state index >= 15 is 0 Å². The number of nitrogens with one attached hydrogen (secondary N) is 2. The van der Waals surface area contributed by atoms with Gasteiger partial charge in [-0.2, -0.15) is 13.2 Å². The summed E-state index contributed by atoms with van der Waals surface area (Å²) in [5.41, 5.74) is 1.67. The Kier molecular flexibility index (Phi) is 10.7. The molecule has 3 aromatic rings. The second kappa shape index (κ2) is 14.9. The molecule has 0 aliphatic carbocycles. The van der Waals surface area contributed by atoms with Crippen molar-refractivity contribution in [1.29, 1.82) is 0 Å². The van der Waals surface area contributed by atoms with E-state index in [1.807, 2.05) is 41.3 Å². The smallest absolute Gasteiger partial charge is 0.350 e. The average molecular weight is 607 g/mol. The van der Waals surface area contributed by atoms with Crippen molar-refractivity contribution in [3.63, 3.8) is 0 Å². The standard InChI is InChI=1S/C35H41F3N4O2/c36-35(37,38)29-16-14-28(15-17-29)33(43)39-24-30-18-23-42(34(44)32(40-30)19-22-41-20-8-3-9-21-41)25-31(26-10-4-1-5-11-26)27-12-6-2-7-13-27/h1-2,4-7,10-17,30-32,40H,3,8-9,18-25H2,(H,39,43)/t30-,32-/m1/s1. The highest BCUT2D eigenvalue weighted by molar-refractivity contribution is 5.94. The second-order valence-electron chi connectivity index (χ2n) is 11.8. The fourth-order valence-corrected chi connectivity index (χ4v) is 6.25. The first-order chi connectivity index (χ1) is 21.3. The summed E-state index contributed by atoms with van der Waals surface area (Å²) < 4.78 is 38.9. The second-order valence-corrected chi connectivity index (χ2v) is 11.8. The minimum atomic E-state index is -4.46. The van der Waals surface area contributed by atoms with Crippen LogP contribution in [0.2, 0.25) is 0 Å². The summed E-state index contributed by atoms with van der Waals surface area (Å²) in [4.78, 5) is 31.3. The number of amides is 2. The van der Waals surface area contributed by atoms with Crippen molar-refractivity contribution >= 4 is 11.8 Å². The number of halogens is 3. The van der Waals surface area contributed by atoms with Crippen LogP contribution < -0.4 is 10.6 Å². The van der Waals surface area contributed by atoms with Crippen LogP contribution in [0.5, 0.6) is 0 Å². The number of nitrogens with zero attached hydrogens (tertiary/aromatic N) is 2. The summed E-state index contributed by atoms with van der Waals surface area (Å²) in [6, 6.07) is 24.1. The fourth-order valence-electron chi connectivity index (χ4n) is 6.25.